The highest BCUT2D eigenvalue weighted by molar-refractivity contribution is 5.94. The third-order valence-corrected chi connectivity index (χ3v) is 5.11. The predicted molar refractivity (Wildman–Crippen MR) is 90.2 cm³/mol. The number of rotatable bonds is 4. The maximum absolute atomic E-state index is 12.6. The summed E-state index contributed by atoms with van der Waals surface area (Å²) >= 11 is 0. The molecule has 1 aromatic rings. The molecule has 1 saturated carbocycles. The first-order valence-corrected chi connectivity index (χ1v) is 8.59. The molecule has 1 saturated heterocycles. The van der Waals surface area contributed by atoms with Gasteiger partial charge in [-0.1, -0.05) is 12.8 Å². The molecule has 1 aliphatic heterocycles. The van der Waals surface area contributed by atoms with Crippen LogP contribution in [0.25, 0.3) is 0 Å². The molecular weight excluding hydrogens is 306 g/mol. The van der Waals surface area contributed by atoms with E-state index in [-0.39, 0.29) is 23.7 Å². The van der Waals surface area contributed by atoms with Crippen LogP contribution in [0.2, 0.25) is 0 Å². The second-order valence-corrected chi connectivity index (χ2v) is 6.97. The molecule has 1 aliphatic carbocycles. The van der Waals surface area contributed by atoms with Gasteiger partial charge in [0, 0.05) is 44.7 Å². The van der Waals surface area contributed by atoms with Crippen LogP contribution in [0.5, 0.6) is 0 Å². The number of nitrogens with zero attached hydrogens (tertiary/aromatic N) is 4. The summed E-state index contributed by atoms with van der Waals surface area (Å²) in [6.07, 6.45) is 6.68. The van der Waals surface area contributed by atoms with Crippen molar-refractivity contribution in [1.29, 1.82) is 0 Å². The monoisotopic (exact) mass is 331 g/mol. The number of carbonyl (C=O) groups excluding carboxylic acids is 2. The van der Waals surface area contributed by atoms with E-state index in [1.165, 1.54) is 19.0 Å². The average molecular weight is 331 g/mol. The van der Waals surface area contributed by atoms with Crippen molar-refractivity contribution in [1.82, 2.24) is 19.8 Å². The first kappa shape index (κ1) is 16.7. The summed E-state index contributed by atoms with van der Waals surface area (Å²) in [6, 6.07) is 0.413. The Morgan fingerprint density at radius 1 is 1.42 bits per heavy atom. The lowest BCUT2D eigenvalue weighted by molar-refractivity contribution is -0.129. The Hall–Kier alpha value is -2.18. The zero-order valence-corrected chi connectivity index (χ0v) is 14.4. The number of hydrogen-bond donors (Lipinski definition) is 1. The number of anilines is 1. The number of aryl methyl sites for hydroxylation is 1. The van der Waals surface area contributed by atoms with Crippen molar-refractivity contribution in [2.45, 2.75) is 45.1 Å². The fourth-order valence-corrected chi connectivity index (χ4v) is 3.87. The van der Waals surface area contributed by atoms with E-state index < -0.39 is 0 Å². The van der Waals surface area contributed by atoms with E-state index in [1.807, 2.05) is 4.90 Å². The van der Waals surface area contributed by atoms with Gasteiger partial charge in [0.2, 0.25) is 11.9 Å². The van der Waals surface area contributed by atoms with Crippen LogP contribution < -0.4 is 5.73 Å². The summed E-state index contributed by atoms with van der Waals surface area (Å²) in [4.78, 5) is 36.5. The lowest BCUT2D eigenvalue weighted by Gasteiger charge is -2.25. The lowest BCUT2D eigenvalue weighted by atomic mass is 10.1. The summed E-state index contributed by atoms with van der Waals surface area (Å²) in [5.41, 5.74) is 6.58. The molecular formula is C17H25N5O2. The van der Waals surface area contributed by atoms with Gasteiger partial charge < -0.3 is 15.5 Å². The zero-order valence-electron chi connectivity index (χ0n) is 14.4. The lowest BCUT2D eigenvalue weighted by Crippen LogP contribution is -2.36. The number of likely N-dealkylation sites (tertiary alicyclic amines) is 1. The van der Waals surface area contributed by atoms with Crippen LogP contribution in [0.15, 0.2) is 6.20 Å². The molecule has 2 aliphatic rings. The van der Waals surface area contributed by atoms with Gasteiger partial charge in [-0.3, -0.25) is 9.59 Å². The molecule has 2 heterocycles. The van der Waals surface area contributed by atoms with Gasteiger partial charge in [-0.25, -0.2) is 9.97 Å². The summed E-state index contributed by atoms with van der Waals surface area (Å²) in [5, 5.41) is 0. The Morgan fingerprint density at radius 2 is 2.12 bits per heavy atom. The minimum absolute atomic E-state index is 0.126. The van der Waals surface area contributed by atoms with E-state index in [9.17, 15) is 9.59 Å². The van der Waals surface area contributed by atoms with E-state index in [0.717, 1.165) is 19.4 Å². The normalized spacial score (nSPS) is 21.5. The number of hydrogen-bond acceptors (Lipinski definition) is 5. The minimum Gasteiger partial charge on any atom is -0.368 e. The fourth-order valence-electron chi connectivity index (χ4n) is 3.87. The van der Waals surface area contributed by atoms with Gasteiger partial charge in [0.1, 0.15) is 0 Å². The van der Waals surface area contributed by atoms with Crippen LogP contribution in [-0.2, 0) is 4.79 Å². The molecule has 2 fully saturated rings. The minimum atomic E-state index is -0.126. The molecule has 0 aromatic carbocycles. The van der Waals surface area contributed by atoms with Crippen molar-refractivity contribution in [3.63, 3.8) is 0 Å². The topological polar surface area (TPSA) is 92.4 Å². The van der Waals surface area contributed by atoms with Crippen molar-refractivity contribution in [3.8, 4) is 0 Å². The summed E-state index contributed by atoms with van der Waals surface area (Å²) in [5.74, 6) is 0.473. The van der Waals surface area contributed by atoms with Gasteiger partial charge in [-0.15, -0.1) is 0 Å². The molecule has 2 amide bonds. The Kier molecular flexibility index (Phi) is 4.69. The van der Waals surface area contributed by atoms with Crippen LogP contribution >= 0.6 is 0 Å². The number of nitrogens with two attached hydrogens (primary N) is 1. The first-order chi connectivity index (χ1) is 11.5. The second-order valence-electron chi connectivity index (χ2n) is 6.97. The van der Waals surface area contributed by atoms with Crippen molar-refractivity contribution in [2.24, 2.45) is 5.92 Å². The van der Waals surface area contributed by atoms with Gasteiger partial charge >= 0.3 is 0 Å². The summed E-state index contributed by atoms with van der Waals surface area (Å²) in [6.45, 7) is 3.08. The highest BCUT2D eigenvalue weighted by atomic mass is 16.2. The smallest absolute Gasteiger partial charge is 0.257 e. The van der Waals surface area contributed by atoms with Gasteiger partial charge in [-0.2, -0.15) is 0 Å². The van der Waals surface area contributed by atoms with Crippen molar-refractivity contribution >= 4 is 17.8 Å². The molecule has 0 spiro atoms. The average Bonchev–Trinajstić information content (AvgIpc) is 3.16. The molecule has 1 aromatic heterocycles. The highest BCUT2D eigenvalue weighted by Gasteiger charge is 2.36. The standard InChI is InChI=1S/C17H25N5O2/c1-11-14(8-19-17(18)20-11)16(24)21(2)9-12-7-15(23)22(10-12)13-5-3-4-6-13/h8,12-13H,3-7,9-10H2,1-2H3,(H2,18,19,20)/t12-/m0/s1. The van der Waals surface area contributed by atoms with E-state index in [1.54, 1.807) is 18.9 Å². The SMILES string of the molecule is Cc1nc(N)ncc1C(=O)N(C)C[C@@H]1CC(=O)N(C2CCCC2)C1. The number of nitrogen functional groups attached to an aromatic ring is 1. The van der Waals surface area contributed by atoms with Gasteiger partial charge in [0.25, 0.3) is 5.91 Å². The zero-order chi connectivity index (χ0) is 17.3. The molecule has 24 heavy (non-hydrogen) atoms. The van der Waals surface area contributed by atoms with E-state index in [2.05, 4.69) is 9.97 Å². The predicted octanol–water partition coefficient (Wildman–Crippen LogP) is 1.23. The van der Waals surface area contributed by atoms with Crippen LogP contribution in [0.3, 0.4) is 0 Å². The molecule has 7 heteroatoms. The van der Waals surface area contributed by atoms with E-state index >= 15 is 0 Å². The van der Waals surface area contributed by atoms with Crippen molar-refractivity contribution < 1.29 is 9.59 Å². The Balaban J connectivity index is 1.61. The number of carbonyl (C=O) groups is 2. The van der Waals surface area contributed by atoms with Crippen molar-refractivity contribution in [3.05, 3.63) is 17.5 Å². The Morgan fingerprint density at radius 3 is 2.79 bits per heavy atom. The van der Waals surface area contributed by atoms with Gasteiger partial charge in [0.15, 0.2) is 0 Å². The van der Waals surface area contributed by atoms with Gasteiger partial charge in [-0.05, 0) is 19.8 Å². The molecule has 0 unspecified atom stereocenters. The largest absolute Gasteiger partial charge is 0.368 e. The molecule has 130 valence electrons. The molecule has 0 radical (unpaired) electrons. The quantitative estimate of drug-likeness (QED) is 0.896. The van der Waals surface area contributed by atoms with Crippen LogP contribution in [0.4, 0.5) is 5.95 Å². The maximum atomic E-state index is 12.6. The second kappa shape index (κ2) is 6.75. The van der Waals surface area contributed by atoms with Crippen molar-refractivity contribution in [2.75, 3.05) is 25.9 Å². The van der Waals surface area contributed by atoms with Gasteiger partial charge in [0.05, 0.1) is 11.3 Å². The van der Waals surface area contributed by atoms with E-state index in [0.29, 0.717) is 30.3 Å². The molecule has 7 nitrogen and oxygen atoms in total. The maximum Gasteiger partial charge on any atom is 0.257 e. The fraction of sp³-hybridized carbons (Fsp3) is 0.647. The Bertz CT molecular complexity index is 642. The van der Waals surface area contributed by atoms with Crippen LogP contribution in [0, 0.1) is 12.8 Å². The molecule has 0 bridgehead atoms. The third kappa shape index (κ3) is 3.34. The van der Waals surface area contributed by atoms with Crippen LogP contribution in [0.1, 0.15) is 48.2 Å². The summed E-state index contributed by atoms with van der Waals surface area (Å²) in [7, 11) is 1.76. The first-order valence-electron chi connectivity index (χ1n) is 8.59. The molecule has 3 rings (SSSR count). The molecule has 1 atom stereocenters. The Labute approximate surface area is 142 Å². The third-order valence-electron chi connectivity index (χ3n) is 5.11. The van der Waals surface area contributed by atoms with Crippen LogP contribution in [-0.4, -0.2) is 57.8 Å². The molecule has 2 N–H and O–H groups in total. The highest BCUT2D eigenvalue weighted by Crippen LogP contribution is 2.29. The van der Waals surface area contributed by atoms with E-state index in [4.69, 9.17) is 5.73 Å². The number of amides is 2. The summed E-state index contributed by atoms with van der Waals surface area (Å²) < 4.78 is 0. The number of aromatic nitrogens is 2.